The normalized spacial score (nSPS) is 17.6. The minimum Gasteiger partial charge on any atom is -0.490 e. The first-order valence-corrected chi connectivity index (χ1v) is 8.89. The van der Waals surface area contributed by atoms with Crippen LogP contribution in [0.5, 0.6) is 5.75 Å². The van der Waals surface area contributed by atoms with Crippen LogP contribution in [0.1, 0.15) is 13.8 Å². The van der Waals surface area contributed by atoms with Crippen LogP contribution >= 0.6 is 0 Å². The van der Waals surface area contributed by atoms with E-state index in [2.05, 4.69) is 0 Å². The van der Waals surface area contributed by atoms with Crippen LogP contribution in [0.15, 0.2) is 84.3 Å². The molecule has 140 valence electrons. The molecule has 0 spiro atoms. The van der Waals surface area contributed by atoms with E-state index in [9.17, 15) is 4.79 Å². The van der Waals surface area contributed by atoms with Gasteiger partial charge in [0.15, 0.2) is 6.10 Å². The van der Waals surface area contributed by atoms with E-state index in [0.29, 0.717) is 18.1 Å². The van der Waals surface area contributed by atoms with Gasteiger partial charge in [-0.15, -0.1) is 0 Å². The highest BCUT2D eigenvalue weighted by Crippen LogP contribution is 2.22. The summed E-state index contributed by atoms with van der Waals surface area (Å²) in [5, 5.41) is 0. The number of allylic oxidation sites excluding steroid dienone is 3. The molecule has 1 fully saturated rings. The maximum absolute atomic E-state index is 12.1. The number of anilines is 1. The molecule has 1 heterocycles. The Morgan fingerprint density at radius 3 is 2.48 bits per heavy atom. The van der Waals surface area contributed by atoms with Crippen molar-refractivity contribution in [3.63, 3.8) is 0 Å². The minimum atomic E-state index is -0.351. The van der Waals surface area contributed by atoms with Crippen LogP contribution < -0.4 is 9.64 Å². The number of para-hydroxylation sites is 2. The van der Waals surface area contributed by atoms with Gasteiger partial charge in [-0.2, -0.15) is 0 Å². The van der Waals surface area contributed by atoms with Crippen LogP contribution in [0.3, 0.4) is 0 Å². The van der Waals surface area contributed by atoms with Crippen LogP contribution in [0.2, 0.25) is 0 Å². The Bertz CT molecular complexity index is 815. The summed E-state index contributed by atoms with van der Waals surface area (Å²) in [5.41, 5.74) is 0.822. The number of ether oxygens (including phenoxy) is 3. The molecule has 1 unspecified atom stereocenters. The van der Waals surface area contributed by atoms with Gasteiger partial charge in [0.2, 0.25) is 0 Å². The van der Waals surface area contributed by atoms with Crippen molar-refractivity contribution in [1.82, 2.24) is 0 Å². The van der Waals surface area contributed by atoms with Crippen molar-refractivity contribution < 1.29 is 19.0 Å². The number of carbonyl (C=O) groups is 1. The fraction of sp³-hybridized carbons (Fsp3) is 0.227. The Balaban J connectivity index is 1.54. The molecule has 2 aromatic carbocycles. The summed E-state index contributed by atoms with van der Waals surface area (Å²) in [6.07, 6.45) is 3.00. The molecule has 1 atom stereocenters. The number of hydrogen-bond donors (Lipinski definition) is 0. The molecule has 0 N–H and O–H groups in total. The monoisotopic (exact) mass is 365 g/mol. The van der Waals surface area contributed by atoms with Crippen molar-refractivity contribution in [3.05, 3.63) is 84.3 Å². The first kappa shape index (κ1) is 18.6. The number of cyclic esters (lactones) is 1. The van der Waals surface area contributed by atoms with Gasteiger partial charge >= 0.3 is 6.09 Å². The van der Waals surface area contributed by atoms with Gasteiger partial charge < -0.3 is 14.2 Å². The standard InChI is InChI=1S/C22H23NO4/c1-3-19(14-17(2)26-20-12-8-5-9-13-20)25-16-21-15-23(22(24)27-21)18-10-6-4-7-11-18/h3-14,21H,15-16H2,1-2H3/b17-14+,19-3+. The second-order valence-electron chi connectivity index (χ2n) is 6.12. The van der Waals surface area contributed by atoms with Crippen molar-refractivity contribution in [2.75, 3.05) is 18.1 Å². The largest absolute Gasteiger partial charge is 0.490 e. The summed E-state index contributed by atoms with van der Waals surface area (Å²) in [4.78, 5) is 13.7. The lowest BCUT2D eigenvalue weighted by atomic mass is 10.3. The highest BCUT2D eigenvalue weighted by Gasteiger charge is 2.32. The zero-order valence-corrected chi connectivity index (χ0v) is 15.5. The Morgan fingerprint density at radius 2 is 1.81 bits per heavy atom. The minimum absolute atomic E-state index is 0.282. The van der Waals surface area contributed by atoms with Crippen molar-refractivity contribution in [1.29, 1.82) is 0 Å². The number of benzene rings is 2. The van der Waals surface area contributed by atoms with Gasteiger partial charge in [-0.25, -0.2) is 4.79 Å². The third-order valence-corrected chi connectivity index (χ3v) is 4.03. The molecule has 1 aliphatic rings. The Kier molecular flexibility index (Phi) is 6.15. The average molecular weight is 365 g/mol. The number of nitrogens with zero attached hydrogens (tertiary/aromatic N) is 1. The summed E-state index contributed by atoms with van der Waals surface area (Å²) >= 11 is 0. The Labute approximate surface area is 159 Å². The highest BCUT2D eigenvalue weighted by molar-refractivity contribution is 5.89. The highest BCUT2D eigenvalue weighted by atomic mass is 16.6. The van der Waals surface area contributed by atoms with Gasteiger partial charge in [0, 0.05) is 11.8 Å². The first-order valence-electron chi connectivity index (χ1n) is 8.89. The van der Waals surface area contributed by atoms with Gasteiger partial charge in [-0.05, 0) is 44.2 Å². The van der Waals surface area contributed by atoms with Gasteiger partial charge in [-0.3, -0.25) is 4.90 Å². The molecule has 27 heavy (non-hydrogen) atoms. The summed E-state index contributed by atoms with van der Waals surface area (Å²) in [6, 6.07) is 19.0. The Hall–Kier alpha value is -3.21. The molecular formula is C22H23NO4. The molecule has 3 rings (SSSR count). The second-order valence-corrected chi connectivity index (χ2v) is 6.12. The van der Waals surface area contributed by atoms with Crippen LogP contribution in [0.25, 0.3) is 0 Å². The molecule has 0 radical (unpaired) electrons. The van der Waals surface area contributed by atoms with E-state index in [-0.39, 0.29) is 18.8 Å². The van der Waals surface area contributed by atoms with E-state index in [0.717, 1.165) is 11.4 Å². The molecule has 2 aromatic rings. The quantitative estimate of drug-likeness (QED) is 0.516. The predicted octanol–water partition coefficient (Wildman–Crippen LogP) is 4.92. The van der Waals surface area contributed by atoms with Gasteiger partial charge in [0.05, 0.1) is 6.54 Å². The summed E-state index contributed by atoms with van der Waals surface area (Å²) in [7, 11) is 0. The summed E-state index contributed by atoms with van der Waals surface area (Å²) in [6.45, 7) is 4.50. The summed E-state index contributed by atoms with van der Waals surface area (Å²) in [5.74, 6) is 2.14. The zero-order valence-electron chi connectivity index (χ0n) is 15.5. The van der Waals surface area contributed by atoms with Crippen molar-refractivity contribution >= 4 is 11.8 Å². The van der Waals surface area contributed by atoms with E-state index < -0.39 is 0 Å². The lowest BCUT2D eigenvalue weighted by Crippen LogP contribution is -2.25. The third-order valence-electron chi connectivity index (χ3n) is 4.03. The van der Waals surface area contributed by atoms with Crippen LogP contribution in [0, 0.1) is 0 Å². The maximum atomic E-state index is 12.1. The molecule has 1 saturated heterocycles. The molecular weight excluding hydrogens is 342 g/mol. The predicted molar refractivity (Wildman–Crippen MR) is 105 cm³/mol. The van der Waals surface area contributed by atoms with E-state index in [4.69, 9.17) is 14.2 Å². The lowest BCUT2D eigenvalue weighted by molar-refractivity contribution is 0.0806. The lowest BCUT2D eigenvalue weighted by Gasteiger charge is -2.13. The molecule has 0 saturated carbocycles. The molecule has 1 amide bonds. The molecule has 1 aliphatic heterocycles. The number of rotatable bonds is 7. The van der Waals surface area contributed by atoms with Crippen LogP contribution in [0.4, 0.5) is 10.5 Å². The van der Waals surface area contributed by atoms with E-state index in [1.54, 1.807) is 4.90 Å². The van der Waals surface area contributed by atoms with Gasteiger partial charge in [0.1, 0.15) is 23.9 Å². The van der Waals surface area contributed by atoms with E-state index in [1.807, 2.05) is 86.7 Å². The number of hydrogen-bond acceptors (Lipinski definition) is 4. The zero-order chi connectivity index (χ0) is 19.1. The van der Waals surface area contributed by atoms with E-state index in [1.165, 1.54) is 0 Å². The van der Waals surface area contributed by atoms with Crippen molar-refractivity contribution in [3.8, 4) is 5.75 Å². The van der Waals surface area contributed by atoms with Gasteiger partial charge in [0.25, 0.3) is 0 Å². The average Bonchev–Trinajstić information content (AvgIpc) is 3.07. The molecule has 5 heteroatoms. The van der Waals surface area contributed by atoms with Crippen molar-refractivity contribution in [2.24, 2.45) is 0 Å². The van der Waals surface area contributed by atoms with Crippen LogP contribution in [-0.2, 0) is 9.47 Å². The van der Waals surface area contributed by atoms with Crippen molar-refractivity contribution in [2.45, 2.75) is 20.0 Å². The third kappa shape index (κ3) is 5.14. The van der Waals surface area contributed by atoms with Crippen LogP contribution in [-0.4, -0.2) is 25.3 Å². The molecule has 0 aliphatic carbocycles. The fourth-order valence-corrected chi connectivity index (χ4v) is 2.73. The number of carbonyl (C=O) groups excluding carboxylic acids is 1. The molecule has 0 bridgehead atoms. The Morgan fingerprint density at radius 1 is 1.15 bits per heavy atom. The molecule has 0 aromatic heterocycles. The fourth-order valence-electron chi connectivity index (χ4n) is 2.73. The number of amides is 1. The van der Waals surface area contributed by atoms with Gasteiger partial charge in [-0.1, -0.05) is 36.4 Å². The topological polar surface area (TPSA) is 48.0 Å². The summed E-state index contributed by atoms with van der Waals surface area (Å²) < 4.78 is 17.0. The smallest absolute Gasteiger partial charge is 0.414 e. The maximum Gasteiger partial charge on any atom is 0.414 e. The second kappa shape index (κ2) is 8.94. The first-order chi connectivity index (χ1) is 13.2. The SMILES string of the molecule is C/C=C(\C=C(/C)Oc1ccccc1)OCC1CN(c2ccccc2)C(=O)O1. The van der Waals surface area contributed by atoms with E-state index >= 15 is 0 Å². The molecule has 5 nitrogen and oxygen atoms in total.